The number of rotatable bonds is 2. The molecular weight excluding hydrogens is 280 g/mol. The van der Waals surface area contributed by atoms with E-state index >= 15 is 0 Å². The molecule has 0 N–H and O–H groups in total. The zero-order valence-corrected chi connectivity index (χ0v) is 12.3. The third kappa shape index (κ3) is 2.37. The highest BCUT2D eigenvalue weighted by molar-refractivity contribution is 6.31. The second-order valence-corrected chi connectivity index (χ2v) is 5.39. The third-order valence-corrected chi connectivity index (χ3v) is 4.15. The summed E-state index contributed by atoms with van der Waals surface area (Å²) in [4.78, 5) is 4.17. The monoisotopic (exact) mass is 292 g/mol. The Morgan fingerprint density at radius 1 is 1.05 bits per heavy atom. The second kappa shape index (κ2) is 5.55. The van der Waals surface area contributed by atoms with Gasteiger partial charge in [0.1, 0.15) is 0 Å². The van der Waals surface area contributed by atoms with Gasteiger partial charge in [0.25, 0.3) is 0 Å². The van der Waals surface area contributed by atoms with Crippen molar-refractivity contribution >= 4 is 22.4 Å². The first-order chi connectivity index (χ1) is 10.2. The first-order valence-electron chi connectivity index (χ1n) is 6.73. The van der Waals surface area contributed by atoms with Crippen LogP contribution in [0.5, 0.6) is 0 Å². The van der Waals surface area contributed by atoms with Crippen LogP contribution in [0.3, 0.4) is 0 Å². The number of nitriles is 1. The molecule has 0 radical (unpaired) electrons. The van der Waals surface area contributed by atoms with Crippen molar-refractivity contribution in [2.24, 2.45) is 0 Å². The Morgan fingerprint density at radius 3 is 2.52 bits per heavy atom. The maximum Gasteiger partial charge on any atom is 0.0998 e. The average molecular weight is 293 g/mol. The van der Waals surface area contributed by atoms with Gasteiger partial charge in [-0.2, -0.15) is 5.26 Å². The Hall–Kier alpha value is -2.37. The molecule has 0 aliphatic carbocycles. The minimum absolute atomic E-state index is 0.115. The number of pyridine rings is 1. The lowest BCUT2D eigenvalue weighted by molar-refractivity contribution is 0.921. The van der Waals surface area contributed by atoms with Gasteiger partial charge in [-0.25, -0.2) is 0 Å². The number of nitrogens with zero attached hydrogens (tertiary/aromatic N) is 2. The van der Waals surface area contributed by atoms with Gasteiger partial charge in [0, 0.05) is 23.3 Å². The number of halogens is 1. The molecule has 0 aliphatic heterocycles. The molecule has 0 bridgehead atoms. The number of hydrogen-bond donors (Lipinski definition) is 0. The Bertz CT molecular complexity index is 849. The Morgan fingerprint density at radius 2 is 1.81 bits per heavy atom. The van der Waals surface area contributed by atoms with Crippen LogP contribution >= 0.6 is 11.6 Å². The zero-order chi connectivity index (χ0) is 14.8. The fourth-order valence-corrected chi connectivity index (χ4v) is 2.94. The quantitative estimate of drug-likeness (QED) is 0.673. The molecule has 0 spiro atoms. The molecule has 102 valence electrons. The van der Waals surface area contributed by atoms with E-state index in [0.29, 0.717) is 10.6 Å². The van der Waals surface area contributed by atoms with E-state index in [1.54, 1.807) is 18.5 Å². The van der Waals surface area contributed by atoms with E-state index in [1.807, 2.05) is 36.4 Å². The normalized spacial score (nSPS) is 12.0. The Labute approximate surface area is 128 Å². The lowest BCUT2D eigenvalue weighted by Gasteiger charge is -2.16. The molecular formula is C18H13ClN2. The molecule has 0 saturated heterocycles. The maximum atomic E-state index is 9.25. The van der Waals surface area contributed by atoms with Crippen LogP contribution in [-0.4, -0.2) is 4.98 Å². The molecule has 21 heavy (non-hydrogen) atoms. The molecule has 3 aromatic rings. The van der Waals surface area contributed by atoms with Crippen LogP contribution in [-0.2, 0) is 0 Å². The molecule has 2 aromatic carbocycles. The van der Waals surface area contributed by atoms with Gasteiger partial charge >= 0.3 is 0 Å². The first kappa shape index (κ1) is 13.6. The minimum Gasteiger partial charge on any atom is -0.264 e. The predicted molar refractivity (Wildman–Crippen MR) is 85.4 cm³/mol. The average Bonchev–Trinajstić information content (AvgIpc) is 2.53. The summed E-state index contributed by atoms with van der Waals surface area (Å²) in [6.45, 7) is 2.11. The SMILES string of the molecule is CC(c1cnccc1Cl)c1ccc(C#N)c2ccccc12. The summed E-state index contributed by atoms with van der Waals surface area (Å²) < 4.78 is 0. The molecule has 1 atom stereocenters. The van der Waals surface area contributed by atoms with Gasteiger partial charge in [0.15, 0.2) is 0 Å². The number of benzene rings is 2. The predicted octanol–water partition coefficient (Wildman–Crippen LogP) is 4.91. The van der Waals surface area contributed by atoms with Crippen molar-refractivity contribution in [1.29, 1.82) is 5.26 Å². The summed E-state index contributed by atoms with van der Waals surface area (Å²) in [5, 5.41) is 12.0. The number of aromatic nitrogens is 1. The molecule has 0 aliphatic rings. The summed E-state index contributed by atoms with van der Waals surface area (Å²) in [6.07, 6.45) is 3.50. The van der Waals surface area contributed by atoms with E-state index in [9.17, 15) is 5.26 Å². The van der Waals surface area contributed by atoms with Crippen LogP contribution in [0.25, 0.3) is 10.8 Å². The van der Waals surface area contributed by atoms with Crippen molar-refractivity contribution in [3.05, 3.63) is 76.6 Å². The van der Waals surface area contributed by atoms with E-state index in [2.05, 4.69) is 18.0 Å². The fraction of sp³-hybridized carbons (Fsp3) is 0.111. The van der Waals surface area contributed by atoms with Gasteiger partial charge in [0.2, 0.25) is 0 Å². The summed E-state index contributed by atoms with van der Waals surface area (Å²) in [5.41, 5.74) is 2.84. The van der Waals surface area contributed by atoms with Gasteiger partial charge in [-0.1, -0.05) is 48.9 Å². The summed E-state index contributed by atoms with van der Waals surface area (Å²) in [5.74, 6) is 0.115. The van der Waals surface area contributed by atoms with Crippen LogP contribution in [0.1, 0.15) is 29.5 Å². The molecule has 0 amide bonds. The zero-order valence-electron chi connectivity index (χ0n) is 11.5. The van der Waals surface area contributed by atoms with Crippen LogP contribution in [0, 0.1) is 11.3 Å². The van der Waals surface area contributed by atoms with Crippen molar-refractivity contribution in [2.75, 3.05) is 0 Å². The molecule has 0 saturated carbocycles. The maximum absolute atomic E-state index is 9.25. The summed E-state index contributed by atoms with van der Waals surface area (Å²) >= 11 is 6.29. The molecule has 1 aromatic heterocycles. The highest BCUT2D eigenvalue weighted by Gasteiger charge is 2.15. The van der Waals surface area contributed by atoms with Crippen molar-refractivity contribution in [3.63, 3.8) is 0 Å². The summed E-state index contributed by atoms with van der Waals surface area (Å²) in [6, 6.07) is 15.9. The minimum atomic E-state index is 0.115. The van der Waals surface area contributed by atoms with Crippen LogP contribution in [0.2, 0.25) is 5.02 Å². The van der Waals surface area contributed by atoms with Crippen molar-refractivity contribution in [3.8, 4) is 6.07 Å². The van der Waals surface area contributed by atoms with Crippen molar-refractivity contribution in [1.82, 2.24) is 4.98 Å². The highest BCUT2D eigenvalue weighted by atomic mass is 35.5. The smallest absolute Gasteiger partial charge is 0.0998 e. The van der Waals surface area contributed by atoms with Gasteiger partial charge in [-0.05, 0) is 34.0 Å². The van der Waals surface area contributed by atoms with Crippen LogP contribution in [0.4, 0.5) is 0 Å². The summed E-state index contributed by atoms with van der Waals surface area (Å²) in [7, 11) is 0. The largest absolute Gasteiger partial charge is 0.264 e. The van der Waals surface area contributed by atoms with E-state index < -0.39 is 0 Å². The van der Waals surface area contributed by atoms with Gasteiger partial charge in [-0.15, -0.1) is 0 Å². The molecule has 3 rings (SSSR count). The van der Waals surface area contributed by atoms with E-state index in [0.717, 1.165) is 21.9 Å². The topological polar surface area (TPSA) is 36.7 Å². The van der Waals surface area contributed by atoms with E-state index in [4.69, 9.17) is 11.6 Å². The van der Waals surface area contributed by atoms with Gasteiger partial charge < -0.3 is 0 Å². The Kier molecular flexibility index (Phi) is 3.60. The fourth-order valence-electron chi connectivity index (χ4n) is 2.67. The molecule has 1 heterocycles. The van der Waals surface area contributed by atoms with E-state index in [-0.39, 0.29) is 5.92 Å². The second-order valence-electron chi connectivity index (χ2n) is 4.98. The molecule has 2 nitrogen and oxygen atoms in total. The Balaban J connectivity index is 2.22. The van der Waals surface area contributed by atoms with E-state index in [1.165, 1.54) is 0 Å². The third-order valence-electron chi connectivity index (χ3n) is 3.81. The lowest BCUT2D eigenvalue weighted by Crippen LogP contribution is -1.99. The molecule has 0 fully saturated rings. The van der Waals surface area contributed by atoms with Crippen LogP contribution < -0.4 is 0 Å². The number of hydrogen-bond acceptors (Lipinski definition) is 2. The number of fused-ring (bicyclic) bond motifs is 1. The van der Waals surface area contributed by atoms with Gasteiger partial charge in [-0.3, -0.25) is 4.98 Å². The van der Waals surface area contributed by atoms with Crippen molar-refractivity contribution < 1.29 is 0 Å². The first-order valence-corrected chi connectivity index (χ1v) is 7.11. The standard InChI is InChI=1S/C18H13ClN2/c1-12(17-11-21-9-8-18(17)19)14-7-6-13(10-20)15-4-2-3-5-16(14)15/h2-9,11-12H,1H3. The van der Waals surface area contributed by atoms with Gasteiger partial charge in [0.05, 0.1) is 11.6 Å². The molecule has 1 unspecified atom stereocenters. The van der Waals surface area contributed by atoms with Crippen molar-refractivity contribution in [2.45, 2.75) is 12.8 Å². The van der Waals surface area contributed by atoms with Crippen LogP contribution in [0.15, 0.2) is 54.9 Å². The highest BCUT2D eigenvalue weighted by Crippen LogP contribution is 2.34. The lowest BCUT2D eigenvalue weighted by atomic mass is 9.89. The molecule has 3 heteroatoms.